The van der Waals surface area contributed by atoms with Crippen molar-refractivity contribution in [2.45, 2.75) is 58.0 Å². The van der Waals surface area contributed by atoms with Gasteiger partial charge in [0, 0.05) is 5.92 Å². The zero-order valence-electron chi connectivity index (χ0n) is 13.3. The molecule has 0 radical (unpaired) electrons. The van der Waals surface area contributed by atoms with Crippen LogP contribution in [-0.2, 0) is 9.47 Å². The summed E-state index contributed by atoms with van der Waals surface area (Å²) in [6, 6.07) is 8.61. The van der Waals surface area contributed by atoms with E-state index in [1.807, 2.05) is 13.8 Å². The lowest BCUT2D eigenvalue weighted by atomic mass is 9.91. The van der Waals surface area contributed by atoms with Gasteiger partial charge in [-0.25, -0.2) is 0 Å². The largest absolute Gasteiger partial charge is 0.344 e. The van der Waals surface area contributed by atoms with Crippen LogP contribution in [0.1, 0.15) is 57.3 Å². The van der Waals surface area contributed by atoms with Gasteiger partial charge < -0.3 is 9.47 Å². The summed E-state index contributed by atoms with van der Waals surface area (Å²) in [7, 11) is 0. The maximum atomic E-state index is 6.22. The third-order valence-electron chi connectivity index (χ3n) is 4.43. The van der Waals surface area contributed by atoms with Crippen LogP contribution in [0, 0.1) is 0 Å². The predicted octanol–water partition coefficient (Wildman–Crippen LogP) is 4.89. The number of ether oxygens (including phenoxy) is 2. The third kappa shape index (κ3) is 2.58. The molecule has 3 atom stereocenters. The van der Waals surface area contributed by atoms with E-state index in [1.54, 1.807) is 0 Å². The highest BCUT2D eigenvalue weighted by Gasteiger charge is 2.51. The molecule has 112 valence electrons. The van der Waals surface area contributed by atoms with Crippen molar-refractivity contribution < 1.29 is 9.47 Å². The van der Waals surface area contributed by atoms with Crippen LogP contribution in [0.4, 0.5) is 0 Å². The number of allylic oxidation sites excluding steroid dienone is 4. The van der Waals surface area contributed by atoms with Crippen LogP contribution in [0.25, 0.3) is 0 Å². The Morgan fingerprint density at radius 1 is 1.14 bits per heavy atom. The molecule has 2 aliphatic rings. The van der Waals surface area contributed by atoms with Crippen LogP contribution in [0.3, 0.4) is 0 Å². The quantitative estimate of drug-likeness (QED) is 0.736. The summed E-state index contributed by atoms with van der Waals surface area (Å²) >= 11 is 0. The minimum atomic E-state index is -0.488. The van der Waals surface area contributed by atoms with Gasteiger partial charge in [0.2, 0.25) is 0 Å². The molecule has 0 aromatic heterocycles. The first-order valence-corrected chi connectivity index (χ1v) is 7.78. The summed E-state index contributed by atoms with van der Waals surface area (Å²) in [4.78, 5) is 0. The first-order valence-electron chi connectivity index (χ1n) is 7.78. The molecule has 1 aliphatic carbocycles. The molecule has 0 bridgehead atoms. The van der Waals surface area contributed by atoms with Gasteiger partial charge in [-0.2, -0.15) is 0 Å². The number of hydrogen-bond acceptors (Lipinski definition) is 2. The van der Waals surface area contributed by atoms with Gasteiger partial charge in [0.05, 0.1) is 6.10 Å². The number of benzene rings is 1. The average Bonchev–Trinajstić information content (AvgIpc) is 2.91. The lowest BCUT2D eigenvalue weighted by Gasteiger charge is -2.23. The lowest BCUT2D eigenvalue weighted by molar-refractivity contribution is -0.150. The first kappa shape index (κ1) is 14.6. The molecule has 1 heterocycles. The number of hydrogen-bond donors (Lipinski definition) is 0. The summed E-state index contributed by atoms with van der Waals surface area (Å²) in [5.74, 6) is -0.118. The monoisotopic (exact) mass is 284 g/mol. The molecule has 2 nitrogen and oxygen atoms in total. The molecule has 2 heteroatoms. The van der Waals surface area contributed by atoms with E-state index in [0.29, 0.717) is 5.92 Å². The second-order valence-corrected chi connectivity index (χ2v) is 6.32. The lowest BCUT2D eigenvalue weighted by Crippen LogP contribution is -2.24. The second kappa shape index (κ2) is 5.43. The normalized spacial score (nSPS) is 30.7. The van der Waals surface area contributed by atoms with Crippen molar-refractivity contribution in [3.63, 3.8) is 0 Å². The second-order valence-electron chi connectivity index (χ2n) is 6.32. The summed E-state index contributed by atoms with van der Waals surface area (Å²) in [6.45, 7) is 8.18. The molecule has 0 amide bonds. The van der Waals surface area contributed by atoms with Crippen molar-refractivity contribution >= 4 is 0 Å². The fourth-order valence-electron chi connectivity index (χ4n) is 3.58. The minimum absolute atomic E-state index is 0.0740. The van der Waals surface area contributed by atoms with Crippen molar-refractivity contribution in [2.75, 3.05) is 0 Å². The molecule has 1 aliphatic heterocycles. The van der Waals surface area contributed by atoms with E-state index < -0.39 is 5.79 Å². The Morgan fingerprint density at radius 2 is 1.86 bits per heavy atom. The van der Waals surface area contributed by atoms with Gasteiger partial charge in [-0.3, -0.25) is 0 Å². The maximum Gasteiger partial charge on any atom is 0.164 e. The number of rotatable bonds is 3. The maximum absolute atomic E-state index is 6.22. The Balaban J connectivity index is 1.95. The zero-order chi connectivity index (χ0) is 15.0. The summed E-state index contributed by atoms with van der Waals surface area (Å²) in [6.07, 6.45) is 7.68. The van der Waals surface area contributed by atoms with E-state index in [9.17, 15) is 0 Å². The third-order valence-corrected chi connectivity index (χ3v) is 4.43. The van der Waals surface area contributed by atoms with Crippen molar-refractivity contribution in [1.29, 1.82) is 0 Å². The first-order chi connectivity index (χ1) is 10.1. The summed E-state index contributed by atoms with van der Waals surface area (Å²) < 4.78 is 12.4. The molecule has 1 saturated heterocycles. The zero-order valence-corrected chi connectivity index (χ0v) is 13.3. The van der Waals surface area contributed by atoms with Crippen LogP contribution in [0.15, 0.2) is 48.1 Å². The highest BCUT2D eigenvalue weighted by atomic mass is 16.8. The van der Waals surface area contributed by atoms with Crippen molar-refractivity contribution in [3.05, 3.63) is 59.2 Å². The fraction of sp³-hybridized carbons (Fsp3) is 0.474. The number of fused-ring (bicyclic) bond motifs is 3. The van der Waals surface area contributed by atoms with Gasteiger partial charge in [0.1, 0.15) is 6.10 Å². The van der Waals surface area contributed by atoms with E-state index in [4.69, 9.17) is 9.47 Å². The van der Waals surface area contributed by atoms with E-state index in [-0.39, 0.29) is 12.2 Å². The van der Waals surface area contributed by atoms with Crippen LogP contribution >= 0.6 is 0 Å². The van der Waals surface area contributed by atoms with Gasteiger partial charge in [-0.1, -0.05) is 48.1 Å². The smallest absolute Gasteiger partial charge is 0.164 e. The minimum Gasteiger partial charge on any atom is -0.344 e. The molecule has 0 saturated carbocycles. The molecule has 0 spiro atoms. The molecule has 1 fully saturated rings. The average molecular weight is 284 g/mol. The van der Waals surface area contributed by atoms with Gasteiger partial charge in [-0.15, -0.1) is 0 Å². The van der Waals surface area contributed by atoms with E-state index in [2.05, 4.69) is 56.3 Å². The Kier molecular flexibility index (Phi) is 3.76. The molecule has 0 N–H and O–H groups in total. The fourth-order valence-corrected chi connectivity index (χ4v) is 3.58. The van der Waals surface area contributed by atoms with Crippen molar-refractivity contribution in [2.24, 2.45) is 0 Å². The topological polar surface area (TPSA) is 18.5 Å². The molecule has 1 aromatic carbocycles. The molecule has 1 aromatic rings. The highest BCUT2D eigenvalue weighted by Crippen LogP contribution is 2.53. The van der Waals surface area contributed by atoms with Crippen molar-refractivity contribution in [3.8, 4) is 0 Å². The molecule has 3 unspecified atom stereocenters. The van der Waals surface area contributed by atoms with Gasteiger partial charge >= 0.3 is 0 Å². The van der Waals surface area contributed by atoms with Crippen LogP contribution in [-0.4, -0.2) is 11.9 Å². The van der Waals surface area contributed by atoms with E-state index in [1.165, 1.54) is 16.7 Å². The predicted molar refractivity (Wildman–Crippen MR) is 85.1 cm³/mol. The Labute approximate surface area is 127 Å². The van der Waals surface area contributed by atoms with Gasteiger partial charge in [0.15, 0.2) is 5.79 Å². The van der Waals surface area contributed by atoms with Crippen LogP contribution in [0.5, 0.6) is 0 Å². The molecular formula is C19H24O2. The summed E-state index contributed by atoms with van der Waals surface area (Å²) in [5, 5.41) is 0. The molecule has 3 rings (SSSR count). The SMILES string of the molecule is C/C=C\C(=C/C)CC1c2ccccc2C2OC(C)(C)OC12. The van der Waals surface area contributed by atoms with Gasteiger partial charge in [-0.05, 0) is 45.2 Å². The van der Waals surface area contributed by atoms with Crippen molar-refractivity contribution in [1.82, 2.24) is 0 Å². The standard InChI is InChI=1S/C19H24O2/c1-5-9-13(6-2)12-16-14-10-7-8-11-15(14)17-18(16)21-19(3,4)20-17/h5-11,16-18H,12H2,1-4H3/b9-5-,13-6+. The van der Waals surface area contributed by atoms with Crippen LogP contribution < -0.4 is 0 Å². The highest BCUT2D eigenvalue weighted by molar-refractivity contribution is 5.42. The Bertz CT molecular complexity index is 583. The van der Waals surface area contributed by atoms with Crippen LogP contribution in [0.2, 0.25) is 0 Å². The molecular weight excluding hydrogens is 260 g/mol. The Morgan fingerprint density at radius 3 is 2.52 bits per heavy atom. The Hall–Kier alpha value is -1.38. The molecule has 21 heavy (non-hydrogen) atoms. The van der Waals surface area contributed by atoms with Gasteiger partial charge in [0.25, 0.3) is 0 Å². The summed E-state index contributed by atoms with van der Waals surface area (Å²) in [5.41, 5.74) is 4.03. The van der Waals surface area contributed by atoms with E-state index >= 15 is 0 Å². The van der Waals surface area contributed by atoms with E-state index in [0.717, 1.165) is 6.42 Å².